The summed E-state index contributed by atoms with van der Waals surface area (Å²) < 4.78 is 8.40. The van der Waals surface area contributed by atoms with E-state index in [1.165, 1.54) is 11.3 Å². The molecule has 5 nitrogen and oxygen atoms in total. The van der Waals surface area contributed by atoms with Gasteiger partial charge in [-0.1, -0.05) is 15.9 Å². The molecule has 0 unspecified atom stereocenters. The van der Waals surface area contributed by atoms with Crippen molar-refractivity contribution in [3.63, 3.8) is 0 Å². The second-order valence-corrected chi connectivity index (χ2v) is 7.84. The van der Waals surface area contributed by atoms with Gasteiger partial charge in [0, 0.05) is 28.0 Å². The number of rotatable bonds is 4. The van der Waals surface area contributed by atoms with Crippen LogP contribution in [0, 0.1) is 0 Å². The average Bonchev–Trinajstić information content (AvgIpc) is 3.06. The molecule has 0 bridgehead atoms. The summed E-state index contributed by atoms with van der Waals surface area (Å²) in [5.41, 5.74) is 2.49. The van der Waals surface area contributed by atoms with Crippen molar-refractivity contribution in [2.45, 2.75) is 0 Å². The van der Waals surface area contributed by atoms with Gasteiger partial charge in [-0.2, -0.15) is 5.10 Å². The molecule has 0 atom stereocenters. The second-order valence-electron chi connectivity index (χ2n) is 5.24. The molecule has 26 heavy (non-hydrogen) atoms. The van der Waals surface area contributed by atoms with E-state index in [0.717, 1.165) is 26.3 Å². The normalized spacial score (nSPS) is 12.1. The highest BCUT2D eigenvalue weighted by molar-refractivity contribution is 9.11. The summed E-state index contributed by atoms with van der Waals surface area (Å²) in [5.74, 6) is 0.928. The molecule has 1 aromatic heterocycles. The molecule has 0 aliphatic heterocycles. The van der Waals surface area contributed by atoms with Gasteiger partial charge in [0.2, 0.25) is 4.80 Å². The van der Waals surface area contributed by atoms with Crippen LogP contribution in [-0.4, -0.2) is 30.2 Å². The summed E-state index contributed by atoms with van der Waals surface area (Å²) in [4.78, 5) is 5.03. The first-order valence-corrected chi connectivity index (χ1v) is 10.00. The molecule has 0 radical (unpaired) electrons. The van der Waals surface area contributed by atoms with Crippen LogP contribution >= 0.6 is 43.2 Å². The Balaban J connectivity index is 2.06. The average molecular weight is 497 g/mol. The van der Waals surface area contributed by atoms with Gasteiger partial charge in [0.1, 0.15) is 11.5 Å². The fraction of sp³-hybridized carbons (Fsp3) is 0.111. The molecule has 1 N–H and O–H groups in total. The lowest BCUT2D eigenvalue weighted by Crippen LogP contribution is -2.11. The number of hydrogen-bond acceptors (Lipinski definition) is 5. The molecule has 0 amide bonds. The topological polar surface area (TPSA) is 59.1 Å². The zero-order valence-corrected chi connectivity index (χ0v) is 18.0. The molecule has 0 saturated carbocycles. The van der Waals surface area contributed by atoms with Gasteiger partial charge in [-0.15, -0.1) is 11.3 Å². The van der Waals surface area contributed by atoms with Crippen LogP contribution in [0.4, 0.5) is 0 Å². The van der Waals surface area contributed by atoms with E-state index in [0.29, 0.717) is 10.0 Å². The number of ether oxygens (including phenoxy) is 1. The Morgan fingerprint density at radius 1 is 1.19 bits per heavy atom. The summed E-state index contributed by atoms with van der Waals surface area (Å²) in [6.45, 7) is 0. The van der Waals surface area contributed by atoms with E-state index in [9.17, 15) is 5.11 Å². The van der Waals surface area contributed by atoms with Crippen molar-refractivity contribution in [3.8, 4) is 22.8 Å². The quantitative estimate of drug-likeness (QED) is 0.524. The van der Waals surface area contributed by atoms with Crippen molar-refractivity contribution in [2.24, 2.45) is 10.1 Å². The van der Waals surface area contributed by atoms with Gasteiger partial charge in [-0.3, -0.25) is 4.99 Å². The van der Waals surface area contributed by atoms with Crippen molar-refractivity contribution in [1.82, 2.24) is 4.68 Å². The van der Waals surface area contributed by atoms with Gasteiger partial charge in [0.25, 0.3) is 0 Å². The Morgan fingerprint density at radius 2 is 1.92 bits per heavy atom. The minimum Gasteiger partial charge on any atom is -0.506 e. The summed E-state index contributed by atoms with van der Waals surface area (Å²) in [6.07, 6.45) is 1.61. The number of thiazole rings is 1. The highest BCUT2D eigenvalue weighted by Gasteiger charge is 2.09. The van der Waals surface area contributed by atoms with E-state index in [1.54, 1.807) is 37.2 Å². The van der Waals surface area contributed by atoms with Gasteiger partial charge in [0.05, 0.1) is 23.5 Å². The minimum atomic E-state index is 0.133. The second kappa shape index (κ2) is 8.20. The monoisotopic (exact) mass is 495 g/mol. The van der Waals surface area contributed by atoms with Crippen LogP contribution in [-0.2, 0) is 0 Å². The molecule has 0 fully saturated rings. The van der Waals surface area contributed by atoms with Crippen molar-refractivity contribution in [2.75, 3.05) is 14.2 Å². The molecule has 134 valence electrons. The smallest absolute Gasteiger partial charge is 0.205 e. The van der Waals surface area contributed by atoms with Crippen molar-refractivity contribution in [3.05, 3.63) is 61.1 Å². The number of benzene rings is 2. The first-order valence-electron chi connectivity index (χ1n) is 7.53. The third-order valence-corrected chi connectivity index (χ3v) is 5.60. The Hall–Kier alpha value is -1.90. The zero-order chi connectivity index (χ0) is 18.7. The number of methoxy groups -OCH3 is 1. The van der Waals surface area contributed by atoms with E-state index in [1.807, 2.05) is 29.6 Å². The molecule has 8 heteroatoms. The highest BCUT2D eigenvalue weighted by Crippen LogP contribution is 2.31. The first-order chi connectivity index (χ1) is 12.5. The third-order valence-electron chi connectivity index (χ3n) is 3.63. The van der Waals surface area contributed by atoms with E-state index >= 15 is 0 Å². The SMILES string of the molecule is CN=c1scc(-c2ccc(OC)cc2)n1N=Cc1cc(Br)cc(Br)c1O. The molecule has 3 aromatic rings. The Bertz CT molecular complexity index is 1020. The standard InChI is InChI=1S/C18H15Br2N3O2S/c1-21-18-23(22-9-12-7-13(19)8-15(20)17(12)24)16(10-26-18)11-3-5-14(25-2)6-4-11/h3-10,24H,1-2H3. The number of phenols is 1. The van der Waals surface area contributed by atoms with Crippen LogP contribution in [0.1, 0.15) is 5.56 Å². The van der Waals surface area contributed by atoms with Gasteiger partial charge in [0.15, 0.2) is 0 Å². The summed E-state index contributed by atoms with van der Waals surface area (Å²) in [5, 5.41) is 16.8. The van der Waals surface area contributed by atoms with E-state index in [4.69, 9.17) is 4.74 Å². The Labute approximate surface area is 171 Å². The maximum Gasteiger partial charge on any atom is 0.205 e. The third kappa shape index (κ3) is 3.92. The summed E-state index contributed by atoms with van der Waals surface area (Å²) in [6, 6.07) is 11.3. The van der Waals surface area contributed by atoms with Crippen LogP contribution in [0.5, 0.6) is 11.5 Å². The Morgan fingerprint density at radius 3 is 2.58 bits per heavy atom. The molecule has 1 heterocycles. The van der Waals surface area contributed by atoms with Crippen molar-refractivity contribution >= 4 is 49.4 Å². The summed E-state index contributed by atoms with van der Waals surface area (Å²) in [7, 11) is 3.36. The number of aromatic nitrogens is 1. The molecular weight excluding hydrogens is 482 g/mol. The molecule has 2 aromatic carbocycles. The molecule has 0 saturated heterocycles. The van der Waals surface area contributed by atoms with Crippen LogP contribution in [0.3, 0.4) is 0 Å². The van der Waals surface area contributed by atoms with Gasteiger partial charge >= 0.3 is 0 Å². The number of nitrogens with zero attached hydrogens (tertiary/aromatic N) is 3. The molecule has 0 spiro atoms. The van der Waals surface area contributed by atoms with Crippen LogP contribution in [0.25, 0.3) is 11.3 Å². The van der Waals surface area contributed by atoms with Gasteiger partial charge in [-0.05, 0) is 52.3 Å². The lowest BCUT2D eigenvalue weighted by atomic mass is 10.2. The zero-order valence-electron chi connectivity index (χ0n) is 14.0. The fourth-order valence-electron chi connectivity index (χ4n) is 2.33. The van der Waals surface area contributed by atoms with E-state index in [-0.39, 0.29) is 5.75 Å². The van der Waals surface area contributed by atoms with Crippen molar-refractivity contribution in [1.29, 1.82) is 0 Å². The molecule has 3 rings (SSSR count). The van der Waals surface area contributed by atoms with E-state index < -0.39 is 0 Å². The molecule has 0 aliphatic rings. The summed E-state index contributed by atoms with van der Waals surface area (Å²) >= 11 is 8.25. The number of halogens is 2. The largest absolute Gasteiger partial charge is 0.506 e. The first kappa shape index (κ1) is 18.9. The lowest BCUT2D eigenvalue weighted by molar-refractivity contribution is 0.415. The van der Waals surface area contributed by atoms with Crippen molar-refractivity contribution < 1.29 is 9.84 Å². The lowest BCUT2D eigenvalue weighted by Gasteiger charge is -2.06. The molecular formula is C18H15Br2N3O2S. The van der Waals surface area contributed by atoms with Gasteiger partial charge < -0.3 is 9.84 Å². The van der Waals surface area contributed by atoms with Crippen LogP contribution in [0.15, 0.2) is 60.8 Å². The molecule has 0 aliphatic carbocycles. The predicted octanol–water partition coefficient (Wildman–Crippen LogP) is 4.87. The number of aromatic hydroxyl groups is 1. The van der Waals surface area contributed by atoms with Crippen LogP contribution < -0.4 is 9.54 Å². The number of hydrogen-bond donors (Lipinski definition) is 1. The minimum absolute atomic E-state index is 0.133. The van der Waals surface area contributed by atoms with Crippen LogP contribution in [0.2, 0.25) is 0 Å². The van der Waals surface area contributed by atoms with Gasteiger partial charge in [-0.25, -0.2) is 4.68 Å². The maximum atomic E-state index is 10.2. The predicted molar refractivity (Wildman–Crippen MR) is 112 cm³/mol. The Kier molecular flexibility index (Phi) is 5.95. The maximum absolute atomic E-state index is 10.2. The number of phenolic OH excluding ortho intramolecular Hbond substituents is 1. The highest BCUT2D eigenvalue weighted by atomic mass is 79.9. The van der Waals surface area contributed by atoms with E-state index in [2.05, 4.69) is 42.0 Å². The fourth-order valence-corrected chi connectivity index (χ4v) is 4.39.